The molecule has 0 rings (SSSR count). The highest BCUT2D eigenvalue weighted by molar-refractivity contribution is 5.75. The molecule has 0 radical (unpaired) electrons. The molecule has 0 aromatic carbocycles. The first-order valence-electron chi connectivity index (χ1n) is 3.82. The lowest BCUT2D eigenvalue weighted by atomic mass is 10.00. The van der Waals surface area contributed by atoms with Crippen molar-refractivity contribution in [3.8, 4) is 0 Å². The van der Waals surface area contributed by atoms with Gasteiger partial charge in [-0.2, -0.15) is 0 Å². The van der Waals surface area contributed by atoms with Crippen molar-refractivity contribution in [1.29, 1.82) is 0 Å². The van der Waals surface area contributed by atoms with E-state index in [1.54, 1.807) is 6.92 Å². The van der Waals surface area contributed by atoms with E-state index in [1.165, 1.54) is 0 Å². The van der Waals surface area contributed by atoms with Crippen LogP contribution in [0, 0.1) is 5.92 Å². The molecular formula is C9H16O. The van der Waals surface area contributed by atoms with Crippen LogP contribution >= 0.6 is 0 Å². The minimum absolute atomic E-state index is 0.278. The second-order valence-electron chi connectivity index (χ2n) is 2.64. The van der Waals surface area contributed by atoms with Crippen molar-refractivity contribution in [3.05, 3.63) is 12.7 Å². The number of carbonyl (C=O) groups is 1. The van der Waals surface area contributed by atoms with Crippen molar-refractivity contribution in [2.45, 2.75) is 33.1 Å². The maximum Gasteiger partial charge on any atom is 0.129 e. The van der Waals surface area contributed by atoms with Gasteiger partial charge in [0.25, 0.3) is 0 Å². The Morgan fingerprint density at radius 2 is 2.30 bits per heavy atom. The summed E-state index contributed by atoms with van der Waals surface area (Å²) in [6, 6.07) is 0. The fraction of sp³-hybridized carbons (Fsp3) is 0.667. The summed E-state index contributed by atoms with van der Waals surface area (Å²) >= 11 is 0. The van der Waals surface area contributed by atoms with Crippen LogP contribution in [0.5, 0.6) is 0 Å². The summed E-state index contributed by atoms with van der Waals surface area (Å²) in [5.74, 6) is 0.809. The van der Waals surface area contributed by atoms with Gasteiger partial charge in [0.2, 0.25) is 0 Å². The Kier molecular flexibility index (Phi) is 4.91. The quantitative estimate of drug-likeness (QED) is 0.536. The highest BCUT2D eigenvalue weighted by Gasteiger charge is 2.01. The van der Waals surface area contributed by atoms with E-state index >= 15 is 0 Å². The number of allylic oxidation sites excluding steroid dienone is 1. The molecule has 0 N–H and O–H groups in total. The third kappa shape index (κ3) is 4.30. The average Bonchev–Trinajstić information content (AvgIpc) is 1.90. The monoisotopic (exact) mass is 140 g/mol. The minimum atomic E-state index is 0.278. The Morgan fingerprint density at radius 1 is 1.70 bits per heavy atom. The van der Waals surface area contributed by atoms with E-state index in [0.717, 1.165) is 12.8 Å². The molecule has 58 valence electrons. The molecule has 0 aromatic heterocycles. The Bertz CT molecular complexity index is 116. The highest BCUT2D eigenvalue weighted by atomic mass is 16.1. The SMILES string of the molecule is C=C[C@H](CC)CCC(C)=O. The van der Waals surface area contributed by atoms with Gasteiger partial charge in [-0.05, 0) is 25.7 Å². The Labute approximate surface area is 63.1 Å². The van der Waals surface area contributed by atoms with Gasteiger partial charge in [0, 0.05) is 6.42 Å². The lowest BCUT2D eigenvalue weighted by molar-refractivity contribution is -0.117. The van der Waals surface area contributed by atoms with Gasteiger partial charge in [-0.1, -0.05) is 13.0 Å². The number of rotatable bonds is 5. The van der Waals surface area contributed by atoms with Gasteiger partial charge in [-0.15, -0.1) is 6.58 Å². The molecule has 0 amide bonds. The van der Waals surface area contributed by atoms with E-state index in [-0.39, 0.29) is 5.78 Å². The van der Waals surface area contributed by atoms with E-state index in [0.29, 0.717) is 12.3 Å². The van der Waals surface area contributed by atoms with Crippen LogP contribution in [0.2, 0.25) is 0 Å². The molecule has 0 aliphatic heterocycles. The summed E-state index contributed by atoms with van der Waals surface area (Å²) in [6.07, 6.45) is 4.69. The van der Waals surface area contributed by atoms with Crippen molar-refractivity contribution in [2.75, 3.05) is 0 Å². The molecule has 0 heterocycles. The van der Waals surface area contributed by atoms with Gasteiger partial charge in [0.05, 0.1) is 0 Å². The molecule has 0 fully saturated rings. The van der Waals surface area contributed by atoms with Crippen LogP contribution in [0.3, 0.4) is 0 Å². The first-order chi connectivity index (χ1) is 4.70. The molecule has 10 heavy (non-hydrogen) atoms. The minimum Gasteiger partial charge on any atom is -0.300 e. The summed E-state index contributed by atoms with van der Waals surface area (Å²) in [4.78, 5) is 10.5. The second kappa shape index (κ2) is 5.21. The predicted octanol–water partition coefficient (Wildman–Crippen LogP) is 2.57. The Hall–Kier alpha value is -0.590. The zero-order valence-electron chi connectivity index (χ0n) is 6.89. The fourth-order valence-electron chi connectivity index (χ4n) is 0.877. The maximum atomic E-state index is 10.5. The molecule has 1 nitrogen and oxygen atoms in total. The van der Waals surface area contributed by atoms with E-state index in [1.807, 2.05) is 6.08 Å². The third-order valence-corrected chi connectivity index (χ3v) is 1.72. The van der Waals surface area contributed by atoms with Crippen LogP contribution in [0.4, 0.5) is 0 Å². The first kappa shape index (κ1) is 9.41. The van der Waals surface area contributed by atoms with Gasteiger partial charge in [-0.25, -0.2) is 0 Å². The van der Waals surface area contributed by atoms with E-state index in [9.17, 15) is 4.79 Å². The van der Waals surface area contributed by atoms with Gasteiger partial charge in [0.1, 0.15) is 5.78 Å². The summed E-state index contributed by atoms with van der Waals surface area (Å²) in [5, 5.41) is 0. The molecule has 0 aliphatic rings. The summed E-state index contributed by atoms with van der Waals surface area (Å²) in [5.41, 5.74) is 0. The van der Waals surface area contributed by atoms with Gasteiger partial charge < -0.3 is 4.79 Å². The molecule has 0 spiro atoms. The van der Waals surface area contributed by atoms with E-state index < -0.39 is 0 Å². The molecule has 0 aliphatic carbocycles. The van der Waals surface area contributed by atoms with Crippen LogP contribution in [0.25, 0.3) is 0 Å². The standard InChI is InChI=1S/C9H16O/c1-4-9(5-2)7-6-8(3)10/h4,9H,1,5-7H2,2-3H3/t9-/m1/s1. The first-order valence-corrected chi connectivity index (χ1v) is 3.82. The molecule has 1 atom stereocenters. The molecular weight excluding hydrogens is 124 g/mol. The molecule has 1 heteroatoms. The van der Waals surface area contributed by atoms with Gasteiger partial charge in [0.15, 0.2) is 0 Å². The Balaban J connectivity index is 3.44. The maximum absolute atomic E-state index is 10.5. The largest absolute Gasteiger partial charge is 0.300 e. The topological polar surface area (TPSA) is 17.1 Å². The number of carbonyl (C=O) groups excluding carboxylic acids is 1. The van der Waals surface area contributed by atoms with Crippen molar-refractivity contribution in [1.82, 2.24) is 0 Å². The fourth-order valence-corrected chi connectivity index (χ4v) is 0.877. The number of ketones is 1. The molecule has 0 unspecified atom stereocenters. The summed E-state index contributed by atoms with van der Waals surface area (Å²) in [6.45, 7) is 7.45. The Morgan fingerprint density at radius 3 is 2.60 bits per heavy atom. The third-order valence-electron chi connectivity index (χ3n) is 1.72. The lowest BCUT2D eigenvalue weighted by Gasteiger charge is -2.05. The smallest absolute Gasteiger partial charge is 0.129 e. The summed E-state index contributed by atoms with van der Waals surface area (Å²) in [7, 11) is 0. The molecule has 0 saturated carbocycles. The van der Waals surface area contributed by atoms with Crippen LogP contribution in [0.15, 0.2) is 12.7 Å². The second-order valence-corrected chi connectivity index (χ2v) is 2.64. The van der Waals surface area contributed by atoms with E-state index in [4.69, 9.17) is 0 Å². The average molecular weight is 140 g/mol. The molecule has 0 bridgehead atoms. The van der Waals surface area contributed by atoms with Crippen molar-refractivity contribution < 1.29 is 4.79 Å². The zero-order chi connectivity index (χ0) is 7.98. The number of hydrogen-bond donors (Lipinski definition) is 0. The van der Waals surface area contributed by atoms with E-state index in [2.05, 4.69) is 13.5 Å². The predicted molar refractivity (Wildman–Crippen MR) is 43.9 cm³/mol. The van der Waals surface area contributed by atoms with Crippen molar-refractivity contribution in [3.63, 3.8) is 0 Å². The van der Waals surface area contributed by atoms with Gasteiger partial charge >= 0.3 is 0 Å². The molecule has 0 saturated heterocycles. The van der Waals surface area contributed by atoms with Crippen LogP contribution in [0.1, 0.15) is 33.1 Å². The highest BCUT2D eigenvalue weighted by Crippen LogP contribution is 2.11. The number of hydrogen-bond acceptors (Lipinski definition) is 1. The number of Topliss-reactive ketones (excluding diaryl/α,β-unsaturated/α-hetero) is 1. The zero-order valence-corrected chi connectivity index (χ0v) is 6.89. The summed E-state index contributed by atoms with van der Waals surface area (Å²) < 4.78 is 0. The van der Waals surface area contributed by atoms with Crippen LogP contribution < -0.4 is 0 Å². The molecule has 0 aromatic rings. The van der Waals surface area contributed by atoms with Gasteiger partial charge in [-0.3, -0.25) is 0 Å². The van der Waals surface area contributed by atoms with Crippen LogP contribution in [-0.2, 0) is 4.79 Å². The van der Waals surface area contributed by atoms with Crippen molar-refractivity contribution in [2.24, 2.45) is 5.92 Å². The van der Waals surface area contributed by atoms with Crippen LogP contribution in [-0.4, -0.2) is 5.78 Å². The lowest BCUT2D eigenvalue weighted by Crippen LogP contribution is -1.98. The normalized spacial score (nSPS) is 12.6. The van der Waals surface area contributed by atoms with Crippen molar-refractivity contribution >= 4 is 5.78 Å².